The largest absolute Gasteiger partial charge is 0.481 e. The van der Waals surface area contributed by atoms with Crippen molar-refractivity contribution in [3.8, 4) is 5.88 Å². The lowest BCUT2D eigenvalue weighted by Gasteiger charge is -2.29. The van der Waals surface area contributed by atoms with Gasteiger partial charge in [0, 0.05) is 53.8 Å². The molecule has 9 nitrogen and oxygen atoms in total. The first-order chi connectivity index (χ1) is 16.6. The number of hydrogen-bond acceptors (Lipinski definition) is 10. The molecule has 178 valence electrons. The highest BCUT2D eigenvalue weighted by molar-refractivity contribution is 7.99. The molecule has 10 heteroatoms. The van der Waals surface area contributed by atoms with Crippen molar-refractivity contribution in [2.24, 2.45) is 0 Å². The number of fused-ring (bicyclic) bond motifs is 2. The normalized spacial score (nSPS) is 19.1. The Labute approximate surface area is 202 Å². The number of aliphatic hydroxyl groups is 2. The number of rotatable bonds is 7. The Balaban J connectivity index is 1.18. The van der Waals surface area contributed by atoms with Crippen LogP contribution in [0.15, 0.2) is 53.2 Å². The highest BCUT2D eigenvalue weighted by atomic mass is 32.2. The highest BCUT2D eigenvalue weighted by Crippen LogP contribution is 2.31. The van der Waals surface area contributed by atoms with Gasteiger partial charge in [-0.1, -0.05) is 6.08 Å². The van der Waals surface area contributed by atoms with Gasteiger partial charge in [0.05, 0.1) is 36.5 Å². The second-order valence-electron chi connectivity index (χ2n) is 8.35. The summed E-state index contributed by atoms with van der Waals surface area (Å²) in [6.45, 7) is 2.74. The maximum Gasteiger partial charge on any atom is 0.213 e. The molecule has 2 atom stereocenters. The molecule has 0 radical (unpaired) electrons. The summed E-state index contributed by atoms with van der Waals surface area (Å²) in [5, 5.41) is 27.2. The molecule has 0 bridgehead atoms. The van der Waals surface area contributed by atoms with Gasteiger partial charge in [-0.05, 0) is 30.7 Å². The van der Waals surface area contributed by atoms with Gasteiger partial charge in [0.1, 0.15) is 12.0 Å². The average molecular weight is 481 g/mol. The van der Waals surface area contributed by atoms with Gasteiger partial charge in [-0.2, -0.15) is 0 Å². The van der Waals surface area contributed by atoms with Crippen LogP contribution in [0.4, 0.5) is 5.82 Å². The van der Waals surface area contributed by atoms with E-state index in [0.717, 1.165) is 47.0 Å². The minimum atomic E-state index is -0.673. The number of β-amino-alcohol motifs (C(OH)–C–C–N with tert-alkyl or cyclic N) is 1. The molecular weight excluding hydrogens is 452 g/mol. The van der Waals surface area contributed by atoms with E-state index in [1.54, 1.807) is 31.1 Å². The average Bonchev–Trinajstić information content (AvgIpc) is 2.87. The molecular formula is C24H28N6O3S. The van der Waals surface area contributed by atoms with Crippen LogP contribution in [-0.2, 0) is 6.54 Å². The lowest BCUT2D eigenvalue weighted by atomic mass is 10.1. The van der Waals surface area contributed by atoms with Crippen LogP contribution in [0.3, 0.4) is 0 Å². The predicted molar refractivity (Wildman–Crippen MR) is 132 cm³/mol. The summed E-state index contributed by atoms with van der Waals surface area (Å²) in [6, 6.07) is 9.52. The Kier molecular flexibility index (Phi) is 6.82. The number of nitrogens with one attached hydrogen (secondary N) is 2. The van der Waals surface area contributed by atoms with Gasteiger partial charge >= 0.3 is 0 Å². The molecule has 0 amide bonds. The van der Waals surface area contributed by atoms with Crippen molar-refractivity contribution in [2.45, 2.75) is 30.2 Å². The van der Waals surface area contributed by atoms with Gasteiger partial charge in [-0.25, -0.2) is 9.97 Å². The third-order valence-electron chi connectivity index (χ3n) is 5.99. The summed E-state index contributed by atoms with van der Waals surface area (Å²) in [7, 11) is 1.58. The van der Waals surface area contributed by atoms with Crippen LogP contribution in [0.25, 0.3) is 11.0 Å². The van der Waals surface area contributed by atoms with Crippen LogP contribution < -0.4 is 15.4 Å². The van der Waals surface area contributed by atoms with Gasteiger partial charge in [-0.3, -0.25) is 9.88 Å². The molecule has 5 heterocycles. The Bertz CT molecular complexity index is 1210. The van der Waals surface area contributed by atoms with Crippen molar-refractivity contribution in [3.63, 3.8) is 0 Å². The summed E-state index contributed by atoms with van der Waals surface area (Å²) < 4.78 is 5.24. The lowest BCUT2D eigenvalue weighted by molar-refractivity contribution is 0.118. The van der Waals surface area contributed by atoms with E-state index in [2.05, 4.69) is 42.6 Å². The second-order valence-corrected chi connectivity index (χ2v) is 9.41. The fourth-order valence-electron chi connectivity index (χ4n) is 4.17. The van der Waals surface area contributed by atoms with E-state index < -0.39 is 12.3 Å². The number of anilines is 1. The summed E-state index contributed by atoms with van der Waals surface area (Å²) in [6.07, 6.45) is 3.51. The van der Waals surface area contributed by atoms with E-state index in [1.165, 1.54) is 5.70 Å². The summed E-state index contributed by atoms with van der Waals surface area (Å²) in [5.74, 6) is 1.88. The van der Waals surface area contributed by atoms with E-state index in [1.807, 2.05) is 18.2 Å². The van der Waals surface area contributed by atoms with Crippen LogP contribution in [0.1, 0.15) is 23.8 Å². The Morgan fingerprint density at radius 2 is 2.18 bits per heavy atom. The van der Waals surface area contributed by atoms with Gasteiger partial charge < -0.3 is 25.6 Å². The Morgan fingerprint density at radius 3 is 3.00 bits per heavy atom. The van der Waals surface area contributed by atoms with Crippen molar-refractivity contribution in [1.29, 1.82) is 0 Å². The maximum atomic E-state index is 10.9. The molecule has 0 saturated heterocycles. The third-order valence-corrected chi connectivity index (χ3v) is 7.12. The zero-order valence-electron chi connectivity index (χ0n) is 18.9. The monoisotopic (exact) mass is 480 g/mol. The van der Waals surface area contributed by atoms with Crippen molar-refractivity contribution in [1.82, 2.24) is 25.2 Å². The topological polar surface area (TPSA) is 116 Å². The Morgan fingerprint density at radius 1 is 1.26 bits per heavy atom. The van der Waals surface area contributed by atoms with Crippen LogP contribution in [0, 0.1) is 0 Å². The molecule has 3 aromatic rings. The first kappa shape index (κ1) is 22.9. The number of aromatic nitrogens is 3. The molecule has 0 aromatic carbocycles. The molecule has 4 N–H and O–H groups in total. The van der Waals surface area contributed by atoms with Gasteiger partial charge in [0.2, 0.25) is 5.88 Å². The number of thioether (sulfide) groups is 1. The minimum Gasteiger partial charge on any atom is -0.481 e. The summed E-state index contributed by atoms with van der Waals surface area (Å²) in [5.41, 5.74) is 4.26. The van der Waals surface area contributed by atoms with E-state index in [4.69, 9.17) is 4.74 Å². The third kappa shape index (κ3) is 5.10. The van der Waals surface area contributed by atoms with E-state index in [-0.39, 0.29) is 0 Å². The molecule has 3 aromatic heterocycles. The molecule has 2 aliphatic rings. The fourth-order valence-corrected chi connectivity index (χ4v) is 4.99. The zero-order chi connectivity index (χ0) is 23.5. The fraction of sp³-hybridized carbons (Fsp3) is 0.375. The second kappa shape index (κ2) is 10.1. The van der Waals surface area contributed by atoms with Crippen LogP contribution in [0.5, 0.6) is 5.88 Å². The first-order valence-electron chi connectivity index (χ1n) is 11.3. The Hall–Kier alpha value is -2.92. The molecule has 2 aliphatic heterocycles. The zero-order valence-corrected chi connectivity index (χ0v) is 19.8. The van der Waals surface area contributed by atoms with Gasteiger partial charge in [-0.15, -0.1) is 11.8 Å². The van der Waals surface area contributed by atoms with E-state index >= 15 is 0 Å². The predicted octanol–water partition coefficient (Wildman–Crippen LogP) is 2.28. The number of ether oxygens (including phenoxy) is 1. The standard InChI is InChI=1S/C24H28N6O3S/c1-33-22-5-3-18-23(29-22)17(6-9-25-18)19(31)13-30-10-7-15(8-11-30)26-12-16-2-4-20-24(27-16)28-21(32)14-34-20/h2-7,9,19,21,26,31-32H,8,10-14H2,1H3,(H,27,28). The van der Waals surface area contributed by atoms with Crippen molar-refractivity contribution < 1.29 is 14.9 Å². The van der Waals surface area contributed by atoms with Crippen molar-refractivity contribution >= 4 is 28.6 Å². The molecule has 0 saturated carbocycles. The number of hydrogen-bond donors (Lipinski definition) is 4. The van der Waals surface area contributed by atoms with Gasteiger partial charge in [0.25, 0.3) is 0 Å². The number of methoxy groups -OCH3 is 1. The van der Waals surface area contributed by atoms with Crippen LogP contribution >= 0.6 is 11.8 Å². The quantitative estimate of drug-likeness (QED) is 0.401. The van der Waals surface area contributed by atoms with Crippen LogP contribution in [-0.4, -0.2) is 68.8 Å². The SMILES string of the molecule is COc1ccc2nccc(C(O)CN3CC=C(NCc4ccc5c(n4)NC(O)CS5)CC3)c2n1. The van der Waals surface area contributed by atoms with E-state index in [0.29, 0.717) is 30.2 Å². The van der Waals surface area contributed by atoms with Crippen molar-refractivity contribution in [2.75, 3.05) is 37.8 Å². The van der Waals surface area contributed by atoms with E-state index in [9.17, 15) is 10.2 Å². The lowest BCUT2D eigenvalue weighted by Crippen LogP contribution is -2.35. The highest BCUT2D eigenvalue weighted by Gasteiger charge is 2.20. The molecule has 5 rings (SSSR count). The molecule has 34 heavy (non-hydrogen) atoms. The van der Waals surface area contributed by atoms with Crippen molar-refractivity contribution in [3.05, 3.63) is 59.6 Å². The first-order valence-corrected chi connectivity index (χ1v) is 12.3. The number of pyridine rings is 3. The van der Waals surface area contributed by atoms with Gasteiger partial charge in [0.15, 0.2) is 0 Å². The molecule has 0 fully saturated rings. The molecule has 0 aliphatic carbocycles. The number of aliphatic hydroxyl groups excluding tert-OH is 2. The molecule has 0 spiro atoms. The summed E-state index contributed by atoms with van der Waals surface area (Å²) >= 11 is 1.61. The van der Waals surface area contributed by atoms with Crippen LogP contribution in [0.2, 0.25) is 0 Å². The number of nitrogens with zero attached hydrogens (tertiary/aromatic N) is 4. The summed E-state index contributed by atoms with van der Waals surface area (Å²) in [4.78, 5) is 16.8. The smallest absolute Gasteiger partial charge is 0.213 e. The minimum absolute atomic E-state index is 0.504. The maximum absolute atomic E-state index is 10.9. The molecule has 2 unspecified atom stereocenters.